The zero-order chi connectivity index (χ0) is 9.26. The highest BCUT2D eigenvalue weighted by Gasteiger charge is 2.15. The summed E-state index contributed by atoms with van der Waals surface area (Å²) in [7, 11) is 1.76. The Hall–Kier alpha value is -1.69. The third-order valence-corrected chi connectivity index (χ3v) is 1.83. The Kier molecular flexibility index (Phi) is 1.82. The number of nitrogens with zero attached hydrogens (tertiary/aromatic N) is 4. The fourth-order valence-corrected chi connectivity index (χ4v) is 1.14. The number of aliphatic hydroxyl groups excluding tert-OH is 1. The highest BCUT2D eigenvalue weighted by atomic mass is 16.3. The van der Waals surface area contributed by atoms with Crippen LogP contribution in [0, 0.1) is 0 Å². The third-order valence-electron chi connectivity index (χ3n) is 1.83. The third kappa shape index (κ3) is 1.31. The Bertz CT molecular complexity index is 379. The summed E-state index contributed by atoms with van der Waals surface area (Å²) in [6.45, 7) is 0. The Morgan fingerprint density at radius 3 is 3.00 bits per heavy atom. The number of aromatic amines is 1. The van der Waals surface area contributed by atoms with Crippen molar-refractivity contribution in [2.45, 2.75) is 6.10 Å². The van der Waals surface area contributed by atoms with Crippen LogP contribution in [0.2, 0.25) is 0 Å². The molecule has 0 aliphatic heterocycles. The van der Waals surface area contributed by atoms with E-state index < -0.39 is 6.10 Å². The average Bonchev–Trinajstić information content (AvgIpc) is 2.72. The van der Waals surface area contributed by atoms with Gasteiger partial charge in [0.25, 0.3) is 0 Å². The van der Waals surface area contributed by atoms with Gasteiger partial charge in [0, 0.05) is 13.2 Å². The molecule has 13 heavy (non-hydrogen) atoms. The first-order chi connectivity index (χ1) is 6.29. The lowest BCUT2D eigenvalue weighted by atomic mass is 10.2. The van der Waals surface area contributed by atoms with Gasteiger partial charge >= 0.3 is 0 Å². The molecule has 0 amide bonds. The maximum absolute atomic E-state index is 9.76. The van der Waals surface area contributed by atoms with Gasteiger partial charge in [-0.15, -0.1) is 0 Å². The maximum Gasteiger partial charge on any atom is 0.159 e. The largest absolute Gasteiger partial charge is 0.379 e. The molecule has 6 nitrogen and oxygen atoms in total. The highest BCUT2D eigenvalue weighted by molar-refractivity contribution is 5.11. The summed E-state index contributed by atoms with van der Waals surface area (Å²) >= 11 is 0. The highest BCUT2D eigenvalue weighted by Crippen LogP contribution is 2.15. The second kappa shape index (κ2) is 2.98. The predicted octanol–water partition coefficient (Wildman–Crippen LogP) is -0.380. The molecule has 2 N–H and O–H groups in total. The van der Waals surface area contributed by atoms with Crippen LogP contribution in [0.1, 0.15) is 17.6 Å². The molecule has 68 valence electrons. The van der Waals surface area contributed by atoms with E-state index in [4.69, 9.17) is 0 Å². The van der Waals surface area contributed by atoms with Crippen LogP contribution in [0.3, 0.4) is 0 Å². The molecule has 0 bridgehead atoms. The fourth-order valence-electron chi connectivity index (χ4n) is 1.14. The number of aliphatic hydroxyl groups is 1. The molecule has 0 aliphatic rings. The van der Waals surface area contributed by atoms with Gasteiger partial charge in [-0.25, -0.2) is 4.98 Å². The Labute approximate surface area is 74.2 Å². The first-order valence-corrected chi connectivity index (χ1v) is 3.80. The molecule has 0 spiro atoms. The minimum atomic E-state index is -0.796. The average molecular weight is 179 g/mol. The van der Waals surface area contributed by atoms with E-state index in [1.165, 1.54) is 6.33 Å². The molecular weight excluding hydrogens is 170 g/mol. The summed E-state index contributed by atoms with van der Waals surface area (Å²) in [5, 5.41) is 20.0. The molecule has 0 aliphatic carbocycles. The van der Waals surface area contributed by atoms with Gasteiger partial charge in [0.2, 0.25) is 0 Å². The minimum Gasteiger partial charge on any atom is -0.379 e. The van der Waals surface area contributed by atoms with Gasteiger partial charge in [-0.3, -0.25) is 9.78 Å². The summed E-state index contributed by atoms with van der Waals surface area (Å²) in [5.74, 6) is 0.420. The molecule has 0 saturated carbocycles. The Balaban J connectivity index is 2.33. The van der Waals surface area contributed by atoms with Crippen molar-refractivity contribution in [2.24, 2.45) is 7.05 Å². The van der Waals surface area contributed by atoms with E-state index in [1.807, 2.05) is 0 Å². The lowest BCUT2D eigenvalue weighted by molar-refractivity contribution is 0.200. The molecule has 0 fully saturated rings. The molecule has 2 heterocycles. The molecule has 6 heteroatoms. The van der Waals surface area contributed by atoms with Gasteiger partial charge in [-0.05, 0) is 6.07 Å². The summed E-state index contributed by atoms with van der Waals surface area (Å²) in [6.07, 6.45) is 2.18. The number of H-pyrrole nitrogens is 1. The predicted molar refractivity (Wildman–Crippen MR) is 43.7 cm³/mol. The first-order valence-electron chi connectivity index (χ1n) is 3.80. The summed E-state index contributed by atoms with van der Waals surface area (Å²) in [6, 6.07) is 1.73. The lowest BCUT2D eigenvalue weighted by Gasteiger charge is -2.06. The fraction of sp³-hybridized carbons (Fsp3) is 0.286. The van der Waals surface area contributed by atoms with Gasteiger partial charge in [0.15, 0.2) is 11.9 Å². The quantitative estimate of drug-likeness (QED) is 0.658. The molecule has 2 rings (SSSR count). The molecule has 0 radical (unpaired) electrons. The Morgan fingerprint density at radius 2 is 2.46 bits per heavy atom. The molecule has 0 saturated heterocycles. The van der Waals surface area contributed by atoms with E-state index in [-0.39, 0.29) is 0 Å². The van der Waals surface area contributed by atoms with Gasteiger partial charge in [-0.1, -0.05) is 0 Å². The van der Waals surface area contributed by atoms with E-state index >= 15 is 0 Å². The van der Waals surface area contributed by atoms with Crippen LogP contribution in [0.25, 0.3) is 0 Å². The van der Waals surface area contributed by atoms with Crippen molar-refractivity contribution >= 4 is 0 Å². The summed E-state index contributed by atoms with van der Waals surface area (Å²) in [4.78, 5) is 3.86. The molecule has 2 aromatic rings. The number of rotatable bonds is 2. The summed E-state index contributed by atoms with van der Waals surface area (Å²) < 4.78 is 1.59. The van der Waals surface area contributed by atoms with E-state index in [9.17, 15) is 5.11 Å². The van der Waals surface area contributed by atoms with Crippen molar-refractivity contribution in [3.63, 3.8) is 0 Å². The molecular formula is C7H9N5O. The van der Waals surface area contributed by atoms with Gasteiger partial charge in [0.1, 0.15) is 6.33 Å². The smallest absolute Gasteiger partial charge is 0.159 e. The van der Waals surface area contributed by atoms with E-state index in [0.717, 1.165) is 0 Å². The zero-order valence-corrected chi connectivity index (χ0v) is 7.05. The van der Waals surface area contributed by atoms with E-state index in [1.54, 1.807) is 24.0 Å². The normalized spacial score (nSPS) is 13.1. The Morgan fingerprint density at radius 1 is 1.62 bits per heavy atom. The molecule has 2 aromatic heterocycles. The van der Waals surface area contributed by atoms with Crippen molar-refractivity contribution in [3.05, 3.63) is 30.1 Å². The van der Waals surface area contributed by atoms with Crippen molar-refractivity contribution in [3.8, 4) is 0 Å². The second-order valence-electron chi connectivity index (χ2n) is 2.65. The zero-order valence-electron chi connectivity index (χ0n) is 7.05. The van der Waals surface area contributed by atoms with Crippen LogP contribution in [-0.4, -0.2) is 30.1 Å². The second-order valence-corrected chi connectivity index (χ2v) is 2.65. The number of aryl methyl sites for hydroxylation is 1. The van der Waals surface area contributed by atoms with E-state index in [0.29, 0.717) is 11.5 Å². The number of hydrogen-bond acceptors (Lipinski definition) is 4. The first kappa shape index (κ1) is 7.93. The van der Waals surface area contributed by atoms with Gasteiger partial charge in [0.05, 0.1) is 5.69 Å². The van der Waals surface area contributed by atoms with Crippen molar-refractivity contribution < 1.29 is 5.11 Å². The SMILES string of the molecule is Cn1nccc1C(O)c1ncn[nH]1. The minimum absolute atomic E-state index is 0.420. The van der Waals surface area contributed by atoms with Crippen molar-refractivity contribution in [2.75, 3.05) is 0 Å². The molecule has 1 unspecified atom stereocenters. The van der Waals surface area contributed by atoms with E-state index in [2.05, 4.69) is 20.3 Å². The van der Waals surface area contributed by atoms with Gasteiger partial charge in [-0.2, -0.15) is 10.2 Å². The van der Waals surface area contributed by atoms with Crippen molar-refractivity contribution in [1.29, 1.82) is 0 Å². The molecule has 1 atom stereocenters. The molecule has 0 aromatic carbocycles. The standard InChI is InChI=1S/C7H9N5O/c1-12-5(2-3-10-12)6(13)7-8-4-9-11-7/h2-4,6,13H,1H3,(H,8,9,11). The number of nitrogens with one attached hydrogen (secondary N) is 1. The number of aromatic nitrogens is 5. The van der Waals surface area contributed by atoms with Crippen LogP contribution in [0.5, 0.6) is 0 Å². The maximum atomic E-state index is 9.76. The van der Waals surface area contributed by atoms with Crippen LogP contribution in [0.4, 0.5) is 0 Å². The summed E-state index contributed by atoms with van der Waals surface area (Å²) in [5.41, 5.74) is 0.678. The van der Waals surface area contributed by atoms with Crippen LogP contribution >= 0.6 is 0 Å². The van der Waals surface area contributed by atoms with Crippen LogP contribution in [0.15, 0.2) is 18.6 Å². The lowest BCUT2D eigenvalue weighted by Crippen LogP contribution is -2.08. The monoisotopic (exact) mass is 179 g/mol. The van der Waals surface area contributed by atoms with Crippen LogP contribution in [-0.2, 0) is 7.05 Å². The van der Waals surface area contributed by atoms with Crippen LogP contribution < -0.4 is 0 Å². The number of hydrogen-bond donors (Lipinski definition) is 2. The topological polar surface area (TPSA) is 79.6 Å². The van der Waals surface area contributed by atoms with Gasteiger partial charge < -0.3 is 5.11 Å². The van der Waals surface area contributed by atoms with Crippen molar-refractivity contribution in [1.82, 2.24) is 25.0 Å².